The molecule has 1 rings (SSSR count). The van der Waals surface area contributed by atoms with Crippen LogP contribution in [-0.2, 0) is 30.3 Å². The fourth-order valence-corrected chi connectivity index (χ4v) is 2.36. The Hall–Kier alpha value is -2.37. The van der Waals surface area contributed by atoms with Gasteiger partial charge in [-0.25, -0.2) is 0 Å². The zero-order valence-electron chi connectivity index (χ0n) is 14.5. The number of amides is 1. The van der Waals surface area contributed by atoms with Gasteiger partial charge in [0.15, 0.2) is 0 Å². The van der Waals surface area contributed by atoms with Crippen molar-refractivity contribution in [1.29, 1.82) is 0 Å². The molecule has 1 aromatic carbocycles. The number of nitrogens with zero attached hydrogens (tertiary/aromatic N) is 1. The summed E-state index contributed by atoms with van der Waals surface area (Å²) in [6.45, 7) is 4.11. The molecule has 0 bridgehead atoms. The van der Waals surface area contributed by atoms with E-state index in [1.807, 2.05) is 30.3 Å². The maximum atomic E-state index is 12.4. The second kappa shape index (κ2) is 10.4. The maximum Gasteiger partial charge on any atom is 0.315 e. The summed E-state index contributed by atoms with van der Waals surface area (Å²) >= 11 is 0. The van der Waals surface area contributed by atoms with E-state index in [-0.39, 0.29) is 31.4 Å². The quantitative estimate of drug-likeness (QED) is 0.509. The molecule has 0 radical (unpaired) electrons. The third kappa shape index (κ3) is 6.81. The highest BCUT2D eigenvalue weighted by Crippen LogP contribution is 2.11. The van der Waals surface area contributed by atoms with Crippen molar-refractivity contribution in [2.75, 3.05) is 20.3 Å². The Balaban J connectivity index is 2.75. The number of benzene rings is 1. The minimum Gasteiger partial charge on any atom is -0.469 e. The van der Waals surface area contributed by atoms with E-state index in [9.17, 15) is 14.4 Å². The van der Waals surface area contributed by atoms with Crippen LogP contribution in [-0.4, -0.2) is 49.0 Å². The van der Waals surface area contributed by atoms with E-state index >= 15 is 0 Å². The van der Waals surface area contributed by atoms with E-state index < -0.39 is 11.9 Å². The summed E-state index contributed by atoms with van der Waals surface area (Å²) < 4.78 is 9.49. The molecule has 1 unspecified atom stereocenters. The van der Waals surface area contributed by atoms with Crippen LogP contribution in [0.25, 0.3) is 0 Å². The second-order valence-electron chi connectivity index (χ2n) is 5.43. The molecular formula is C18H25NO5. The van der Waals surface area contributed by atoms with Gasteiger partial charge >= 0.3 is 11.9 Å². The Morgan fingerprint density at radius 1 is 1.12 bits per heavy atom. The molecule has 6 nitrogen and oxygen atoms in total. The Bertz CT molecular complexity index is 544. The predicted octanol–water partition coefficient (Wildman–Crippen LogP) is 1.96. The van der Waals surface area contributed by atoms with Gasteiger partial charge in [-0.3, -0.25) is 14.4 Å². The van der Waals surface area contributed by atoms with Crippen LogP contribution in [0.15, 0.2) is 30.3 Å². The van der Waals surface area contributed by atoms with Gasteiger partial charge in [0.05, 0.1) is 20.1 Å². The normalized spacial score (nSPS) is 11.5. The van der Waals surface area contributed by atoms with Gasteiger partial charge in [0, 0.05) is 12.6 Å². The van der Waals surface area contributed by atoms with Crippen LogP contribution in [0.2, 0.25) is 0 Å². The largest absolute Gasteiger partial charge is 0.469 e. The summed E-state index contributed by atoms with van der Waals surface area (Å²) in [6, 6.07) is 9.36. The minimum atomic E-state index is -0.558. The van der Waals surface area contributed by atoms with Gasteiger partial charge in [0.2, 0.25) is 5.91 Å². The maximum absolute atomic E-state index is 12.4. The van der Waals surface area contributed by atoms with Crippen molar-refractivity contribution >= 4 is 17.8 Å². The van der Waals surface area contributed by atoms with Crippen molar-refractivity contribution in [3.8, 4) is 0 Å². The van der Waals surface area contributed by atoms with Gasteiger partial charge in [-0.15, -0.1) is 0 Å². The fraction of sp³-hybridized carbons (Fsp3) is 0.500. The summed E-state index contributed by atoms with van der Waals surface area (Å²) in [5.74, 6) is -1.30. The van der Waals surface area contributed by atoms with Gasteiger partial charge in [-0.1, -0.05) is 30.3 Å². The molecule has 0 aliphatic rings. The van der Waals surface area contributed by atoms with Crippen LogP contribution in [0.4, 0.5) is 0 Å². The number of rotatable bonds is 9. The summed E-state index contributed by atoms with van der Waals surface area (Å²) in [7, 11) is 1.31. The number of ether oxygens (including phenoxy) is 2. The Labute approximate surface area is 142 Å². The monoisotopic (exact) mass is 335 g/mol. The van der Waals surface area contributed by atoms with E-state index in [0.717, 1.165) is 5.56 Å². The van der Waals surface area contributed by atoms with E-state index in [1.165, 1.54) is 7.11 Å². The van der Waals surface area contributed by atoms with Crippen LogP contribution in [0.5, 0.6) is 0 Å². The van der Waals surface area contributed by atoms with Crippen molar-refractivity contribution in [2.45, 2.75) is 39.2 Å². The van der Waals surface area contributed by atoms with Crippen LogP contribution >= 0.6 is 0 Å². The summed E-state index contributed by atoms with van der Waals surface area (Å²) in [4.78, 5) is 37.0. The highest BCUT2D eigenvalue weighted by molar-refractivity contribution is 5.94. The van der Waals surface area contributed by atoms with Gasteiger partial charge in [-0.2, -0.15) is 0 Å². The van der Waals surface area contributed by atoms with E-state index in [2.05, 4.69) is 4.74 Å². The standard InChI is InChI=1S/C18H25NO5/c1-4-24-18(22)13-16(20)19(14(2)12-17(21)23-3)11-10-15-8-6-5-7-9-15/h5-9,14H,4,10-13H2,1-3H3. The van der Waals surface area contributed by atoms with Crippen LogP contribution < -0.4 is 0 Å². The summed E-state index contributed by atoms with van der Waals surface area (Å²) in [5, 5.41) is 0. The molecule has 0 spiro atoms. The molecule has 0 saturated carbocycles. The average molecular weight is 335 g/mol. The number of esters is 2. The molecule has 0 aromatic heterocycles. The molecular weight excluding hydrogens is 310 g/mol. The second-order valence-corrected chi connectivity index (χ2v) is 5.43. The zero-order chi connectivity index (χ0) is 17.9. The molecule has 0 saturated heterocycles. The Morgan fingerprint density at radius 2 is 1.79 bits per heavy atom. The first-order chi connectivity index (χ1) is 11.5. The molecule has 0 aliphatic carbocycles. The van der Waals surface area contributed by atoms with Crippen molar-refractivity contribution in [2.24, 2.45) is 0 Å². The van der Waals surface area contributed by atoms with E-state index in [0.29, 0.717) is 13.0 Å². The highest BCUT2D eigenvalue weighted by Gasteiger charge is 2.24. The van der Waals surface area contributed by atoms with Gasteiger partial charge in [0.1, 0.15) is 6.42 Å². The first-order valence-corrected chi connectivity index (χ1v) is 8.03. The van der Waals surface area contributed by atoms with Gasteiger partial charge < -0.3 is 14.4 Å². The lowest BCUT2D eigenvalue weighted by Gasteiger charge is -2.28. The van der Waals surface area contributed by atoms with E-state index in [1.54, 1.807) is 18.7 Å². The van der Waals surface area contributed by atoms with Crippen molar-refractivity contribution < 1.29 is 23.9 Å². The topological polar surface area (TPSA) is 72.9 Å². The molecule has 0 N–H and O–H groups in total. The third-order valence-electron chi connectivity index (χ3n) is 3.63. The number of hydrogen-bond donors (Lipinski definition) is 0. The summed E-state index contributed by atoms with van der Waals surface area (Å²) in [6.07, 6.45) is 0.398. The number of hydrogen-bond acceptors (Lipinski definition) is 5. The van der Waals surface area contributed by atoms with Crippen LogP contribution in [0.1, 0.15) is 32.3 Å². The number of carbonyl (C=O) groups is 3. The number of methoxy groups -OCH3 is 1. The molecule has 24 heavy (non-hydrogen) atoms. The molecule has 0 aliphatic heterocycles. The number of carbonyl (C=O) groups excluding carboxylic acids is 3. The molecule has 1 aromatic rings. The summed E-state index contributed by atoms with van der Waals surface area (Å²) in [5.41, 5.74) is 1.08. The average Bonchev–Trinajstić information content (AvgIpc) is 2.55. The predicted molar refractivity (Wildman–Crippen MR) is 89.2 cm³/mol. The van der Waals surface area contributed by atoms with Crippen molar-refractivity contribution in [1.82, 2.24) is 4.90 Å². The molecule has 6 heteroatoms. The molecule has 1 amide bonds. The fourth-order valence-electron chi connectivity index (χ4n) is 2.36. The van der Waals surface area contributed by atoms with Gasteiger partial charge in [0.25, 0.3) is 0 Å². The van der Waals surface area contributed by atoms with E-state index in [4.69, 9.17) is 4.74 Å². The smallest absolute Gasteiger partial charge is 0.315 e. The lowest BCUT2D eigenvalue weighted by Crippen LogP contribution is -2.42. The van der Waals surface area contributed by atoms with Crippen LogP contribution in [0, 0.1) is 0 Å². The first kappa shape index (κ1) is 19.7. The highest BCUT2D eigenvalue weighted by atomic mass is 16.5. The lowest BCUT2D eigenvalue weighted by molar-refractivity contribution is -0.149. The SMILES string of the molecule is CCOC(=O)CC(=O)N(CCc1ccccc1)C(C)CC(=O)OC. The Kier molecular flexibility index (Phi) is 8.54. The molecule has 132 valence electrons. The molecule has 1 atom stereocenters. The van der Waals surface area contributed by atoms with Crippen LogP contribution in [0.3, 0.4) is 0 Å². The van der Waals surface area contributed by atoms with Crippen molar-refractivity contribution in [3.05, 3.63) is 35.9 Å². The lowest BCUT2D eigenvalue weighted by atomic mass is 10.1. The van der Waals surface area contributed by atoms with Crippen molar-refractivity contribution in [3.63, 3.8) is 0 Å². The minimum absolute atomic E-state index is 0.0832. The molecule has 0 fully saturated rings. The zero-order valence-corrected chi connectivity index (χ0v) is 14.5. The first-order valence-electron chi connectivity index (χ1n) is 8.03. The molecule has 0 heterocycles. The third-order valence-corrected chi connectivity index (χ3v) is 3.63. The van der Waals surface area contributed by atoms with Gasteiger partial charge in [-0.05, 0) is 25.8 Å². The Morgan fingerprint density at radius 3 is 2.38 bits per heavy atom.